The quantitative estimate of drug-likeness (QED) is 0.0570. The molecule has 0 bridgehead atoms. The number of hydrogen-bond acceptors (Lipinski definition) is 7. The first-order chi connectivity index (χ1) is 30.8. The SMILES string of the molecule is CC(C)(C)OC(=O)N1C[C@@H](NC[C@H](CO[Si](c2ccccc2)(c2ccccc2)C(C)(C)C)NC(c2ccccc2)(c2ccccc2)c2ccccc2)C[C@H]1C(=O)OCc1ccccc1. The molecule has 0 unspecified atom stereocenters. The Morgan fingerprint density at radius 1 is 0.641 bits per heavy atom. The highest BCUT2D eigenvalue weighted by atomic mass is 28.4. The molecular weight excluding hydrogens is 811 g/mol. The van der Waals surface area contributed by atoms with Gasteiger partial charge in [0.2, 0.25) is 0 Å². The Bertz CT molecular complexity index is 2240. The van der Waals surface area contributed by atoms with Gasteiger partial charge in [-0.2, -0.15) is 0 Å². The molecule has 1 amide bonds. The molecule has 0 aromatic heterocycles. The normalized spacial score (nSPS) is 16.2. The van der Waals surface area contributed by atoms with Crippen LogP contribution in [0.3, 0.4) is 0 Å². The van der Waals surface area contributed by atoms with Crippen LogP contribution in [0.4, 0.5) is 4.79 Å². The maximum atomic E-state index is 13.9. The zero-order chi connectivity index (χ0) is 45.2. The third-order valence-corrected chi connectivity index (χ3v) is 17.0. The second-order valence-corrected chi connectivity index (χ2v) is 23.1. The van der Waals surface area contributed by atoms with Gasteiger partial charge in [-0.15, -0.1) is 0 Å². The molecule has 7 rings (SSSR count). The molecular formula is C55H63N3O5Si. The highest BCUT2D eigenvalue weighted by molar-refractivity contribution is 6.99. The summed E-state index contributed by atoms with van der Waals surface area (Å²) in [6, 6.07) is 61.4. The van der Waals surface area contributed by atoms with E-state index in [0.29, 0.717) is 19.6 Å². The first-order valence-corrected chi connectivity index (χ1v) is 24.3. The van der Waals surface area contributed by atoms with E-state index in [4.69, 9.17) is 13.9 Å². The third-order valence-electron chi connectivity index (χ3n) is 12.0. The van der Waals surface area contributed by atoms with Gasteiger partial charge in [-0.25, -0.2) is 9.59 Å². The van der Waals surface area contributed by atoms with E-state index in [1.165, 1.54) is 15.3 Å². The van der Waals surface area contributed by atoms with E-state index >= 15 is 0 Å². The molecule has 1 saturated heterocycles. The van der Waals surface area contributed by atoms with Crippen molar-refractivity contribution >= 4 is 30.8 Å². The van der Waals surface area contributed by atoms with Crippen molar-refractivity contribution in [1.29, 1.82) is 0 Å². The monoisotopic (exact) mass is 873 g/mol. The Labute approximate surface area is 381 Å². The molecule has 0 saturated carbocycles. The van der Waals surface area contributed by atoms with Crippen LogP contribution in [0.5, 0.6) is 0 Å². The van der Waals surface area contributed by atoms with Gasteiger partial charge < -0.3 is 19.2 Å². The number of nitrogens with zero attached hydrogens (tertiary/aromatic N) is 1. The number of ether oxygens (including phenoxy) is 2. The smallest absolute Gasteiger partial charge is 0.411 e. The average molecular weight is 874 g/mol. The van der Waals surface area contributed by atoms with E-state index in [0.717, 1.165) is 22.3 Å². The molecule has 1 heterocycles. The number of rotatable bonds is 16. The second kappa shape index (κ2) is 20.3. The first-order valence-electron chi connectivity index (χ1n) is 22.4. The molecule has 64 heavy (non-hydrogen) atoms. The van der Waals surface area contributed by atoms with E-state index in [-0.39, 0.29) is 30.3 Å². The van der Waals surface area contributed by atoms with Crippen LogP contribution >= 0.6 is 0 Å². The maximum Gasteiger partial charge on any atom is 0.411 e. The summed E-state index contributed by atoms with van der Waals surface area (Å²) >= 11 is 0. The topological polar surface area (TPSA) is 89.1 Å². The standard InChI is InChI=1S/C55H63N3O5Si/c1-53(2,3)63-52(60)58-39-46(37-50(58)51(59)61-40-42-25-13-7-14-26-42)56-38-47(41-62-64(54(4,5)6,48-33-21-11-22-34-48)49-35-23-12-24-36-49)57-55(43-27-15-8-16-28-43,44-29-17-9-18-30-44)45-31-19-10-20-32-45/h7-36,46-47,50,56-57H,37-41H2,1-6H3/t46-,47+,50-/m0/s1. The molecule has 0 spiro atoms. The number of amides is 1. The van der Waals surface area contributed by atoms with Crippen LogP contribution in [0, 0.1) is 0 Å². The minimum Gasteiger partial charge on any atom is -0.459 e. The fraction of sp³-hybridized carbons (Fsp3) is 0.309. The fourth-order valence-corrected chi connectivity index (χ4v) is 13.7. The molecule has 1 fully saturated rings. The van der Waals surface area contributed by atoms with Crippen molar-refractivity contribution in [1.82, 2.24) is 15.5 Å². The molecule has 2 N–H and O–H groups in total. The predicted molar refractivity (Wildman–Crippen MR) is 259 cm³/mol. The van der Waals surface area contributed by atoms with Crippen LogP contribution in [0.15, 0.2) is 182 Å². The number of esters is 1. The lowest BCUT2D eigenvalue weighted by Gasteiger charge is -2.45. The fourth-order valence-electron chi connectivity index (χ4n) is 9.12. The van der Waals surface area contributed by atoms with Gasteiger partial charge in [0.1, 0.15) is 18.2 Å². The van der Waals surface area contributed by atoms with E-state index in [1.54, 1.807) is 0 Å². The van der Waals surface area contributed by atoms with Crippen molar-refractivity contribution in [2.24, 2.45) is 0 Å². The van der Waals surface area contributed by atoms with E-state index in [1.807, 2.05) is 69.3 Å². The Hall–Kier alpha value is -5.84. The summed E-state index contributed by atoms with van der Waals surface area (Å²) in [6.45, 7) is 13.6. The molecule has 332 valence electrons. The van der Waals surface area contributed by atoms with Crippen molar-refractivity contribution in [3.63, 3.8) is 0 Å². The lowest BCUT2D eigenvalue weighted by molar-refractivity contribution is -0.150. The van der Waals surface area contributed by atoms with Crippen molar-refractivity contribution in [2.75, 3.05) is 19.7 Å². The van der Waals surface area contributed by atoms with Crippen molar-refractivity contribution < 1.29 is 23.5 Å². The van der Waals surface area contributed by atoms with Crippen LogP contribution < -0.4 is 21.0 Å². The molecule has 9 heteroatoms. The number of hydrogen-bond donors (Lipinski definition) is 2. The second-order valence-electron chi connectivity index (χ2n) is 18.7. The van der Waals surface area contributed by atoms with Crippen molar-refractivity contribution in [2.45, 2.75) is 88.9 Å². The number of benzene rings is 6. The summed E-state index contributed by atoms with van der Waals surface area (Å²) in [5.41, 5.74) is 2.58. The highest BCUT2D eigenvalue weighted by Crippen LogP contribution is 2.39. The van der Waals surface area contributed by atoms with E-state index in [9.17, 15) is 9.59 Å². The summed E-state index contributed by atoms with van der Waals surface area (Å²) in [5.74, 6) is -0.458. The first kappa shape index (κ1) is 46.2. The third kappa shape index (κ3) is 10.6. The number of carbonyl (C=O) groups is 2. The van der Waals surface area contributed by atoms with Crippen LogP contribution in [0.1, 0.15) is 70.2 Å². The molecule has 0 radical (unpaired) electrons. The molecule has 1 aliphatic heterocycles. The average Bonchev–Trinajstić information content (AvgIpc) is 3.75. The van der Waals surface area contributed by atoms with Gasteiger partial charge in [-0.05, 0) is 64.9 Å². The number of carbonyl (C=O) groups excluding carboxylic acids is 2. The van der Waals surface area contributed by atoms with Gasteiger partial charge in [-0.3, -0.25) is 10.2 Å². The maximum absolute atomic E-state index is 13.9. The molecule has 1 aliphatic rings. The zero-order valence-corrected chi connectivity index (χ0v) is 39.1. The van der Waals surface area contributed by atoms with Crippen LogP contribution in [0.25, 0.3) is 0 Å². The summed E-state index contributed by atoms with van der Waals surface area (Å²) in [5, 5.41) is 10.2. The van der Waals surface area contributed by atoms with Gasteiger partial charge in [0.05, 0.1) is 12.1 Å². The van der Waals surface area contributed by atoms with Gasteiger partial charge in [0.15, 0.2) is 0 Å². The van der Waals surface area contributed by atoms with Gasteiger partial charge in [-0.1, -0.05) is 203 Å². The molecule has 6 aromatic rings. The lowest BCUT2D eigenvalue weighted by atomic mass is 9.76. The molecule has 6 aromatic carbocycles. The van der Waals surface area contributed by atoms with Crippen molar-refractivity contribution in [3.05, 3.63) is 204 Å². The minimum atomic E-state index is -3.00. The lowest BCUT2D eigenvalue weighted by Crippen LogP contribution is -2.68. The van der Waals surface area contributed by atoms with Crippen LogP contribution in [-0.2, 0) is 30.8 Å². The number of nitrogens with one attached hydrogen (secondary N) is 2. The van der Waals surface area contributed by atoms with Crippen LogP contribution in [-0.4, -0.2) is 68.7 Å². The summed E-state index contributed by atoms with van der Waals surface area (Å²) in [7, 11) is -3.00. The Morgan fingerprint density at radius 3 is 1.52 bits per heavy atom. The van der Waals surface area contributed by atoms with Gasteiger partial charge in [0, 0.05) is 25.2 Å². The minimum absolute atomic E-state index is 0.114. The Balaban J connectivity index is 1.28. The largest absolute Gasteiger partial charge is 0.459 e. The predicted octanol–water partition coefficient (Wildman–Crippen LogP) is 9.22. The molecule has 8 nitrogen and oxygen atoms in total. The van der Waals surface area contributed by atoms with Crippen molar-refractivity contribution in [3.8, 4) is 0 Å². The summed E-state index contributed by atoms with van der Waals surface area (Å²) < 4.78 is 19.4. The summed E-state index contributed by atoms with van der Waals surface area (Å²) in [4.78, 5) is 29.2. The Kier molecular flexibility index (Phi) is 14.7. The van der Waals surface area contributed by atoms with E-state index in [2.05, 4.69) is 165 Å². The van der Waals surface area contributed by atoms with Gasteiger partial charge in [0.25, 0.3) is 8.32 Å². The molecule has 3 atom stereocenters. The zero-order valence-electron chi connectivity index (χ0n) is 38.1. The van der Waals surface area contributed by atoms with E-state index < -0.39 is 37.6 Å². The Morgan fingerprint density at radius 2 is 1.08 bits per heavy atom. The summed E-state index contributed by atoms with van der Waals surface area (Å²) in [6.07, 6.45) is -0.185. The molecule has 0 aliphatic carbocycles. The van der Waals surface area contributed by atoms with Crippen LogP contribution in [0.2, 0.25) is 5.04 Å². The highest BCUT2D eigenvalue weighted by Gasteiger charge is 2.51. The number of likely N-dealkylation sites (tertiary alicyclic amines) is 1. The van der Waals surface area contributed by atoms with Gasteiger partial charge >= 0.3 is 12.1 Å².